The molecule has 0 atom stereocenters. The Balaban J connectivity index is 2.57. The molecule has 1 heterocycles. The van der Waals surface area contributed by atoms with Crippen LogP contribution in [0.2, 0.25) is 0 Å². The van der Waals surface area contributed by atoms with Crippen LogP contribution in [0.4, 0.5) is 10.6 Å². The number of hydrogen-bond acceptors (Lipinski definition) is 3. The first kappa shape index (κ1) is 9.53. The number of carbonyl (C=O) groups excluding carboxylic acids is 1. The molecule has 6 nitrogen and oxygen atoms in total. The molecule has 2 N–H and O–H groups in total. The van der Waals surface area contributed by atoms with E-state index in [0.717, 1.165) is 0 Å². The van der Waals surface area contributed by atoms with Crippen molar-refractivity contribution in [3.8, 4) is 0 Å². The fourth-order valence-corrected chi connectivity index (χ4v) is 0.925. The SMILES string of the molecule is CCn1nccc1NC(=O)NOC. The monoisotopic (exact) mass is 184 g/mol. The molecule has 0 aromatic carbocycles. The van der Waals surface area contributed by atoms with Gasteiger partial charge in [0.15, 0.2) is 0 Å². The Bertz CT molecular complexity index is 284. The van der Waals surface area contributed by atoms with Crippen LogP contribution in [0.5, 0.6) is 0 Å². The van der Waals surface area contributed by atoms with Gasteiger partial charge in [-0.05, 0) is 6.92 Å². The zero-order chi connectivity index (χ0) is 9.68. The second kappa shape index (κ2) is 4.46. The summed E-state index contributed by atoms with van der Waals surface area (Å²) in [5.74, 6) is 0.636. The minimum atomic E-state index is -0.419. The summed E-state index contributed by atoms with van der Waals surface area (Å²) in [4.78, 5) is 15.4. The van der Waals surface area contributed by atoms with Crippen molar-refractivity contribution < 1.29 is 9.63 Å². The topological polar surface area (TPSA) is 68.2 Å². The largest absolute Gasteiger partial charge is 0.344 e. The highest BCUT2D eigenvalue weighted by Gasteiger charge is 2.04. The van der Waals surface area contributed by atoms with Crippen molar-refractivity contribution in [2.45, 2.75) is 13.5 Å². The molecule has 0 fully saturated rings. The summed E-state index contributed by atoms with van der Waals surface area (Å²) in [7, 11) is 1.37. The van der Waals surface area contributed by atoms with E-state index in [2.05, 4.69) is 20.7 Å². The van der Waals surface area contributed by atoms with Crippen LogP contribution in [0, 0.1) is 0 Å². The number of rotatable bonds is 3. The standard InChI is InChI=1S/C7H12N4O2/c1-3-11-6(4-5-8-11)9-7(12)10-13-2/h4-5H,3H2,1-2H3,(H2,9,10,12). The average molecular weight is 184 g/mol. The van der Waals surface area contributed by atoms with E-state index in [-0.39, 0.29) is 0 Å². The zero-order valence-corrected chi connectivity index (χ0v) is 7.57. The molecule has 2 amide bonds. The smallest absolute Gasteiger partial charge is 0.291 e. The van der Waals surface area contributed by atoms with Gasteiger partial charge in [-0.25, -0.2) is 15.0 Å². The third-order valence-corrected chi connectivity index (χ3v) is 1.45. The molecular formula is C7H12N4O2. The number of nitrogens with zero attached hydrogens (tertiary/aromatic N) is 2. The van der Waals surface area contributed by atoms with Crippen molar-refractivity contribution in [3.63, 3.8) is 0 Å². The Morgan fingerprint density at radius 3 is 3.15 bits per heavy atom. The second-order valence-corrected chi connectivity index (χ2v) is 2.29. The summed E-state index contributed by atoms with van der Waals surface area (Å²) < 4.78 is 1.66. The number of hydroxylamine groups is 1. The summed E-state index contributed by atoms with van der Waals surface area (Å²) in [5, 5.41) is 6.55. The average Bonchev–Trinajstić information content (AvgIpc) is 2.52. The fourth-order valence-electron chi connectivity index (χ4n) is 0.925. The molecule has 0 aliphatic carbocycles. The number of nitrogens with one attached hydrogen (secondary N) is 2. The van der Waals surface area contributed by atoms with Gasteiger partial charge in [0.25, 0.3) is 0 Å². The summed E-state index contributed by atoms with van der Waals surface area (Å²) in [6.07, 6.45) is 1.62. The lowest BCUT2D eigenvalue weighted by molar-refractivity contribution is 0.114. The number of carbonyl (C=O) groups is 1. The van der Waals surface area contributed by atoms with Crippen LogP contribution < -0.4 is 10.8 Å². The van der Waals surface area contributed by atoms with E-state index in [1.165, 1.54) is 7.11 Å². The van der Waals surface area contributed by atoms with E-state index < -0.39 is 6.03 Å². The molecule has 0 saturated heterocycles. The number of anilines is 1. The van der Waals surface area contributed by atoms with Gasteiger partial charge in [0.1, 0.15) is 5.82 Å². The number of aryl methyl sites for hydroxylation is 1. The Morgan fingerprint density at radius 1 is 1.77 bits per heavy atom. The molecule has 13 heavy (non-hydrogen) atoms. The molecule has 72 valence electrons. The number of aromatic nitrogens is 2. The normalized spacial score (nSPS) is 9.69. The summed E-state index contributed by atoms with van der Waals surface area (Å²) in [6.45, 7) is 2.64. The van der Waals surface area contributed by atoms with Gasteiger partial charge in [-0.2, -0.15) is 5.10 Å². The molecule has 0 unspecified atom stereocenters. The first-order chi connectivity index (χ1) is 6.27. The van der Waals surface area contributed by atoms with Crippen LogP contribution in [0.25, 0.3) is 0 Å². The molecule has 1 rings (SSSR count). The van der Waals surface area contributed by atoms with Crippen LogP contribution in [0.15, 0.2) is 12.3 Å². The van der Waals surface area contributed by atoms with Crippen molar-refractivity contribution in [2.75, 3.05) is 12.4 Å². The maximum absolute atomic E-state index is 11.0. The number of urea groups is 1. The van der Waals surface area contributed by atoms with Gasteiger partial charge < -0.3 is 0 Å². The minimum Gasteiger partial charge on any atom is -0.291 e. The van der Waals surface area contributed by atoms with Crippen LogP contribution >= 0.6 is 0 Å². The Kier molecular flexibility index (Phi) is 3.27. The van der Waals surface area contributed by atoms with Gasteiger partial charge >= 0.3 is 6.03 Å². The van der Waals surface area contributed by atoms with Crippen molar-refractivity contribution >= 4 is 11.8 Å². The molecule has 0 aliphatic rings. The van der Waals surface area contributed by atoms with E-state index in [1.54, 1.807) is 16.9 Å². The molecule has 6 heteroatoms. The summed E-state index contributed by atoms with van der Waals surface area (Å²) in [6, 6.07) is 1.29. The molecule has 0 spiro atoms. The highest BCUT2D eigenvalue weighted by molar-refractivity contribution is 5.87. The molecule has 0 saturated carbocycles. The zero-order valence-electron chi connectivity index (χ0n) is 7.57. The van der Waals surface area contributed by atoms with E-state index in [4.69, 9.17) is 0 Å². The molecular weight excluding hydrogens is 172 g/mol. The van der Waals surface area contributed by atoms with E-state index in [0.29, 0.717) is 12.4 Å². The van der Waals surface area contributed by atoms with Crippen LogP contribution in [0.3, 0.4) is 0 Å². The van der Waals surface area contributed by atoms with Crippen LogP contribution in [-0.4, -0.2) is 22.9 Å². The van der Waals surface area contributed by atoms with Gasteiger partial charge in [-0.15, -0.1) is 0 Å². The predicted octanol–water partition coefficient (Wildman–Crippen LogP) is 0.586. The second-order valence-electron chi connectivity index (χ2n) is 2.29. The van der Waals surface area contributed by atoms with Crippen molar-refractivity contribution in [3.05, 3.63) is 12.3 Å². The maximum atomic E-state index is 11.0. The molecule has 0 radical (unpaired) electrons. The van der Waals surface area contributed by atoms with Gasteiger partial charge in [0.05, 0.1) is 13.3 Å². The summed E-state index contributed by atoms with van der Waals surface area (Å²) >= 11 is 0. The number of hydrogen-bond donors (Lipinski definition) is 2. The number of amides is 2. The molecule has 1 aromatic heterocycles. The lowest BCUT2D eigenvalue weighted by atomic mass is 10.6. The minimum absolute atomic E-state index is 0.419. The van der Waals surface area contributed by atoms with Crippen molar-refractivity contribution in [2.24, 2.45) is 0 Å². The quantitative estimate of drug-likeness (QED) is 0.675. The van der Waals surface area contributed by atoms with E-state index in [1.807, 2.05) is 6.92 Å². The lowest BCUT2D eigenvalue weighted by Gasteiger charge is -2.06. The third kappa shape index (κ3) is 2.45. The van der Waals surface area contributed by atoms with Crippen LogP contribution in [0.1, 0.15) is 6.92 Å². The Labute approximate surface area is 75.8 Å². The molecule has 0 aliphatic heterocycles. The van der Waals surface area contributed by atoms with E-state index in [9.17, 15) is 4.79 Å². The summed E-state index contributed by atoms with van der Waals surface area (Å²) in [5.41, 5.74) is 2.14. The van der Waals surface area contributed by atoms with Gasteiger partial charge in [0.2, 0.25) is 0 Å². The first-order valence-electron chi connectivity index (χ1n) is 3.89. The van der Waals surface area contributed by atoms with Gasteiger partial charge in [-0.1, -0.05) is 0 Å². The van der Waals surface area contributed by atoms with Gasteiger partial charge in [-0.3, -0.25) is 10.2 Å². The van der Waals surface area contributed by atoms with Crippen molar-refractivity contribution in [1.29, 1.82) is 0 Å². The first-order valence-corrected chi connectivity index (χ1v) is 3.89. The van der Waals surface area contributed by atoms with Gasteiger partial charge in [0, 0.05) is 12.6 Å². The molecule has 0 bridgehead atoms. The van der Waals surface area contributed by atoms with Crippen molar-refractivity contribution in [1.82, 2.24) is 15.3 Å². The molecule has 1 aromatic rings. The van der Waals surface area contributed by atoms with Crippen LogP contribution in [-0.2, 0) is 11.4 Å². The Hall–Kier alpha value is -1.56. The lowest BCUT2D eigenvalue weighted by Crippen LogP contribution is -2.28. The Morgan fingerprint density at radius 2 is 2.54 bits per heavy atom. The predicted molar refractivity (Wildman–Crippen MR) is 47.1 cm³/mol. The highest BCUT2D eigenvalue weighted by atomic mass is 16.6. The van der Waals surface area contributed by atoms with E-state index >= 15 is 0 Å². The fraction of sp³-hybridized carbons (Fsp3) is 0.429. The third-order valence-electron chi connectivity index (χ3n) is 1.45. The highest BCUT2D eigenvalue weighted by Crippen LogP contribution is 2.04. The maximum Gasteiger partial charge on any atom is 0.344 e.